The maximum absolute atomic E-state index is 3.94. The molecule has 0 N–H and O–H groups in total. The molecule has 0 aromatic rings. The van der Waals surface area contributed by atoms with E-state index >= 15 is 0 Å². The Kier molecular flexibility index (Phi) is 2.31. The van der Waals surface area contributed by atoms with Crippen molar-refractivity contribution < 1.29 is 0 Å². The molecule has 10 heavy (non-hydrogen) atoms. The summed E-state index contributed by atoms with van der Waals surface area (Å²) < 4.78 is 0. The minimum atomic E-state index is 1.14. The Hall–Kier alpha value is -0.520. The molecule has 0 amide bonds. The Morgan fingerprint density at radius 2 is 2.20 bits per heavy atom. The van der Waals surface area contributed by atoms with Crippen molar-refractivity contribution >= 4 is 0 Å². The van der Waals surface area contributed by atoms with Crippen LogP contribution in [0.25, 0.3) is 0 Å². The van der Waals surface area contributed by atoms with Crippen LogP contribution < -0.4 is 0 Å². The third kappa shape index (κ3) is 1.73. The van der Waals surface area contributed by atoms with Gasteiger partial charge in [0.15, 0.2) is 0 Å². The molecule has 0 bridgehead atoms. The highest BCUT2D eigenvalue weighted by atomic mass is 14.2. The number of hydrogen-bond donors (Lipinski definition) is 0. The van der Waals surface area contributed by atoms with Crippen molar-refractivity contribution in [3.05, 3.63) is 29.7 Å². The molecule has 0 aromatic heterocycles. The van der Waals surface area contributed by atoms with Gasteiger partial charge in [-0.3, -0.25) is 0 Å². The first-order chi connectivity index (χ1) is 4.70. The van der Waals surface area contributed by atoms with E-state index in [4.69, 9.17) is 0 Å². The fourth-order valence-corrected chi connectivity index (χ4v) is 1.24. The molecule has 0 aliphatic heterocycles. The average Bonchev–Trinajstić information content (AvgIpc) is 1.88. The molecule has 1 radical (unpaired) electrons. The van der Waals surface area contributed by atoms with Gasteiger partial charge in [-0.05, 0) is 33.1 Å². The normalized spacial score (nSPS) is 20.4. The Morgan fingerprint density at radius 3 is 2.60 bits per heavy atom. The summed E-state index contributed by atoms with van der Waals surface area (Å²) in [4.78, 5) is 0. The molecular formula is C10H15. The van der Waals surface area contributed by atoms with E-state index in [-0.39, 0.29) is 0 Å². The van der Waals surface area contributed by atoms with E-state index in [1.54, 1.807) is 0 Å². The third-order valence-corrected chi connectivity index (χ3v) is 2.12. The number of rotatable bonds is 1. The molecule has 1 rings (SSSR count). The fraction of sp³-hybridized carbons (Fsp3) is 0.500. The van der Waals surface area contributed by atoms with Crippen molar-refractivity contribution in [3.63, 3.8) is 0 Å². The summed E-state index contributed by atoms with van der Waals surface area (Å²) in [6, 6.07) is 0. The summed E-state index contributed by atoms with van der Waals surface area (Å²) in [6.45, 7) is 8.24. The molecule has 55 valence electrons. The smallest absolute Gasteiger partial charge is 0.00404 e. The summed E-state index contributed by atoms with van der Waals surface area (Å²) in [5, 5.41) is 0. The van der Waals surface area contributed by atoms with Gasteiger partial charge in [-0.2, -0.15) is 0 Å². The zero-order valence-corrected chi connectivity index (χ0v) is 6.91. The Labute approximate surface area is 63.6 Å². The van der Waals surface area contributed by atoms with Gasteiger partial charge >= 0.3 is 0 Å². The van der Waals surface area contributed by atoms with Gasteiger partial charge in [-0.25, -0.2) is 0 Å². The summed E-state index contributed by atoms with van der Waals surface area (Å²) in [5.74, 6) is 1.53. The quantitative estimate of drug-likeness (QED) is 0.484. The van der Waals surface area contributed by atoms with Crippen molar-refractivity contribution in [1.29, 1.82) is 0 Å². The lowest BCUT2D eigenvalue weighted by atomic mass is 9.86. The maximum Gasteiger partial charge on any atom is 0.00404 e. The fourth-order valence-electron chi connectivity index (χ4n) is 1.24. The molecule has 0 heterocycles. The van der Waals surface area contributed by atoms with E-state index in [9.17, 15) is 0 Å². The van der Waals surface area contributed by atoms with Crippen LogP contribution in [0.4, 0.5) is 0 Å². The van der Waals surface area contributed by atoms with Gasteiger partial charge in [0.2, 0.25) is 0 Å². The maximum atomic E-state index is 3.94. The van der Waals surface area contributed by atoms with E-state index in [0.717, 1.165) is 6.42 Å². The lowest BCUT2D eigenvalue weighted by Crippen LogP contribution is -2.02. The van der Waals surface area contributed by atoms with E-state index in [2.05, 4.69) is 26.5 Å². The van der Waals surface area contributed by atoms with Crippen LogP contribution >= 0.6 is 0 Å². The lowest BCUT2D eigenvalue weighted by molar-refractivity contribution is 0.758. The van der Waals surface area contributed by atoms with Crippen LogP contribution in [-0.4, -0.2) is 0 Å². The van der Waals surface area contributed by atoms with Gasteiger partial charge in [0.05, 0.1) is 0 Å². The molecule has 0 atom stereocenters. The third-order valence-electron chi connectivity index (χ3n) is 2.12. The first kappa shape index (κ1) is 7.59. The number of allylic oxidation sites excluding steroid dienone is 3. The van der Waals surface area contributed by atoms with Gasteiger partial charge in [-0.1, -0.05) is 23.8 Å². The van der Waals surface area contributed by atoms with Crippen LogP contribution in [0.5, 0.6) is 0 Å². The highest BCUT2D eigenvalue weighted by Crippen LogP contribution is 2.29. The summed E-state index contributed by atoms with van der Waals surface area (Å²) in [7, 11) is 0. The van der Waals surface area contributed by atoms with Crippen molar-refractivity contribution in [3.8, 4) is 0 Å². The molecule has 1 aliphatic carbocycles. The van der Waals surface area contributed by atoms with Gasteiger partial charge in [0.1, 0.15) is 0 Å². The van der Waals surface area contributed by atoms with Gasteiger partial charge in [-0.15, -0.1) is 0 Å². The zero-order valence-electron chi connectivity index (χ0n) is 6.91. The zero-order chi connectivity index (χ0) is 7.56. The molecule has 0 fully saturated rings. The van der Waals surface area contributed by atoms with Gasteiger partial charge in [0.25, 0.3) is 0 Å². The Bertz CT molecular complexity index is 163. The minimum Gasteiger partial charge on any atom is -0.0995 e. The average molecular weight is 135 g/mol. The lowest BCUT2D eigenvalue weighted by Gasteiger charge is -2.19. The van der Waals surface area contributed by atoms with Gasteiger partial charge in [0, 0.05) is 5.92 Å². The van der Waals surface area contributed by atoms with E-state index in [1.807, 2.05) is 0 Å². The van der Waals surface area contributed by atoms with Crippen LogP contribution in [0.3, 0.4) is 0 Å². The van der Waals surface area contributed by atoms with E-state index in [0.29, 0.717) is 0 Å². The van der Waals surface area contributed by atoms with Crippen molar-refractivity contribution in [2.24, 2.45) is 0 Å². The van der Waals surface area contributed by atoms with Crippen molar-refractivity contribution in [2.75, 3.05) is 0 Å². The van der Waals surface area contributed by atoms with Crippen LogP contribution in [0.1, 0.15) is 33.1 Å². The molecule has 0 spiro atoms. The van der Waals surface area contributed by atoms with E-state index < -0.39 is 0 Å². The summed E-state index contributed by atoms with van der Waals surface area (Å²) in [6.07, 6.45) is 5.93. The second kappa shape index (κ2) is 3.05. The SMILES string of the molecule is C=C(C)[C]1CC=C(C)CC1. The molecule has 0 nitrogen and oxygen atoms in total. The second-order valence-corrected chi connectivity index (χ2v) is 3.14. The summed E-state index contributed by atoms with van der Waals surface area (Å²) >= 11 is 0. The molecular weight excluding hydrogens is 120 g/mol. The molecule has 1 aliphatic rings. The number of hydrogen-bond acceptors (Lipinski definition) is 0. The predicted octanol–water partition coefficient (Wildman–Crippen LogP) is 3.27. The van der Waals surface area contributed by atoms with Crippen LogP contribution in [0, 0.1) is 5.92 Å². The van der Waals surface area contributed by atoms with Gasteiger partial charge < -0.3 is 0 Å². The highest BCUT2D eigenvalue weighted by Gasteiger charge is 2.12. The topological polar surface area (TPSA) is 0 Å². The van der Waals surface area contributed by atoms with Crippen LogP contribution in [0.15, 0.2) is 23.8 Å². The monoisotopic (exact) mass is 135 g/mol. The Balaban J connectivity index is 2.50. The van der Waals surface area contributed by atoms with Crippen LogP contribution in [-0.2, 0) is 0 Å². The van der Waals surface area contributed by atoms with E-state index in [1.165, 1.54) is 29.9 Å². The molecule has 0 saturated carbocycles. The van der Waals surface area contributed by atoms with Crippen molar-refractivity contribution in [2.45, 2.75) is 33.1 Å². The standard InChI is InChI=1S/C10H15/c1-8(2)10-6-4-9(3)5-7-10/h4H,1,5-7H2,2-3H3. The first-order valence-corrected chi connectivity index (χ1v) is 3.86. The summed E-state index contributed by atoms with van der Waals surface area (Å²) in [5.41, 5.74) is 2.80. The highest BCUT2D eigenvalue weighted by molar-refractivity contribution is 5.25. The largest absolute Gasteiger partial charge is 0.0995 e. The molecule has 0 heteroatoms. The second-order valence-electron chi connectivity index (χ2n) is 3.14. The minimum absolute atomic E-state index is 1.14. The molecule has 0 aromatic carbocycles. The molecule has 0 unspecified atom stereocenters. The predicted molar refractivity (Wildman–Crippen MR) is 45.7 cm³/mol. The van der Waals surface area contributed by atoms with Crippen LogP contribution in [0.2, 0.25) is 0 Å². The first-order valence-electron chi connectivity index (χ1n) is 3.86. The Morgan fingerprint density at radius 1 is 1.50 bits per heavy atom. The van der Waals surface area contributed by atoms with Crippen molar-refractivity contribution in [1.82, 2.24) is 0 Å². The molecule has 0 saturated heterocycles.